The first kappa shape index (κ1) is 18.4. The number of benzene rings is 1. The van der Waals surface area contributed by atoms with Crippen LogP contribution in [0.15, 0.2) is 42.0 Å². The van der Waals surface area contributed by atoms with Crippen molar-refractivity contribution in [3.8, 4) is 0 Å². The number of carbonyl (C=O) groups excluding carboxylic acids is 1. The van der Waals surface area contributed by atoms with Crippen molar-refractivity contribution in [3.63, 3.8) is 0 Å². The largest absolute Gasteiger partial charge is 0.465 e. The molecule has 0 radical (unpaired) electrons. The first-order valence-electron chi connectivity index (χ1n) is 7.65. The molecule has 4 heteroatoms. The minimum absolute atomic E-state index is 0.176. The molecule has 0 aliphatic carbocycles. The van der Waals surface area contributed by atoms with Crippen LogP contribution in [0.3, 0.4) is 0 Å². The first-order valence-corrected chi connectivity index (χ1v) is 7.65. The Balaban J connectivity index is 2.41. The second-order valence-electron chi connectivity index (χ2n) is 5.49. The lowest BCUT2D eigenvalue weighted by Gasteiger charge is -2.22. The predicted octanol–water partition coefficient (Wildman–Crippen LogP) is 3.03. The Bertz CT molecular complexity index is 468. The van der Waals surface area contributed by atoms with Crippen molar-refractivity contribution < 1.29 is 14.3 Å². The standard InChI is InChI=1S/C18H27NO3/c1-5-22-18(20)17(19(3)4)13-15(2)11-12-21-14-16-9-7-6-8-10-16/h6-11,17H,5,12-14H2,1-4H3/b15-11+. The van der Waals surface area contributed by atoms with Crippen molar-refractivity contribution in [1.82, 2.24) is 4.90 Å². The SMILES string of the molecule is CCOC(=O)C(C/C(C)=C/COCc1ccccc1)N(C)C. The van der Waals surface area contributed by atoms with E-state index >= 15 is 0 Å². The van der Waals surface area contributed by atoms with Crippen LogP contribution in [0.1, 0.15) is 25.8 Å². The van der Waals surface area contributed by atoms with Crippen LogP contribution in [-0.4, -0.2) is 44.2 Å². The summed E-state index contributed by atoms with van der Waals surface area (Å²) in [6, 6.07) is 9.83. The Labute approximate surface area is 133 Å². The minimum atomic E-state index is -0.245. The van der Waals surface area contributed by atoms with E-state index in [1.165, 1.54) is 0 Å². The molecule has 1 aromatic carbocycles. The number of hydrogen-bond donors (Lipinski definition) is 0. The highest BCUT2D eigenvalue weighted by atomic mass is 16.5. The summed E-state index contributed by atoms with van der Waals surface area (Å²) in [5.74, 6) is -0.176. The summed E-state index contributed by atoms with van der Waals surface area (Å²) in [7, 11) is 3.78. The van der Waals surface area contributed by atoms with Gasteiger partial charge < -0.3 is 9.47 Å². The van der Waals surface area contributed by atoms with Gasteiger partial charge in [0.2, 0.25) is 0 Å². The molecule has 0 aromatic heterocycles. The van der Waals surface area contributed by atoms with Gasteiger partial charge in [0.1, 0.15) is 6.04 Å². The van der Waals surface area contributed by atoms with Gasteiger partial charge in [-0.1, -0.05) is 42.0 Å². The van der Waals surface area contributed by atoms with Gasteiger partial charge in [0, 0.05) is 0 Å². The Kier molecular flexibility index (Phi) is 8.48. The van der Waals surface area contributed by atoms with E-state index < -0.39 is 0 Å². The fourth-order valence-electron chi connectivity index (χ4n) is 2.06. The van der Waals surface area contributed by atoms with Gasteiger partial charge in [-0.3, -0.25) is 9.69 Å². The molecule has 1 aromatic rings. The molecule has 0 aliphatic heterocycles. The van der Waals surface area contributed by atoms with Crippen molar-refractivity contribution in [2.45, 2.75) is 32.9 Å². The van der Waals surface area contributed by atoms with Crippen molar-refractivity contribution >= 4 is 5.97 Å². The number of carbonyl (C=O) groups is 1. The van der Waals surface area contributed by atoms with Crippen molar-refractivity contribution in [2.75, 3.05) is 27.3 Å². The number of likely N-dealkylation sites (N-methyl/N-ethyl adjacent to an activating group) is 1. The normalized spacial score (nSPS) is 13.2. The van der Waals surface area contributed by atoms with E-state index in [4.69, 9.17) is 9.47 Å². The number of ether oxygens (including phenoxy) is 2. The van der Waals surface area contributed by atoms with E-state index in [1.807, 2.05) is 69.3 Å². The predicted molar refractivity (Wildman–Crippen MR) is 88.6 cm³/mol. The molecule has 0 saturated carbocycles. The molecule has 0 aliphatic rings. The molecule has 1 atom stereocenters. The maximum absolute atomic E-state index is 11.9. The van der Waals surface area contributed by atoms with Crippen LogP contribution < -0.4 is 0 Å². The molecule has 1 unspecified atom stereocenters. The van der Waals surface area contributed by atoms with E-state index in [0.717, 1.165) is 11.1 Å². The van der Waals surface area contributed by atoms with Crippen LogP contribution in [0.25, 0.3) is 0 Å². The molecule has 0 heterocycles. The van der Waals surface area contributed by atoms with Gasteiger partial charge in [0.15, 0.2) is 0 Å². The third-order valence-corrected chi connectivity index (χ3v) is 3.36. The van der Waals surface area contributed by atoms with Gasteiger partial charge in [-0.2, -0.15) is 0 Å². The fraction of sp³-hybridized carbons (Fsp3) is 0.500. The molecule has 0 amide bonds. The van der Waals surface area contributed by atoms with Crippen molar-refractivity contribution in [3.05, 3.63) is 47.5 Å². The number of nitrogens with zero attached hydrogens (tertiary/aromatic N) is 1. The maximum Gasteiger partial charge on any atom is 0.323 e. The van der Waals surface area contributed by atoms with Gasteiger partial charge in [0.25, 0.3) is 0 Å². The second kappa shape index (κ2) is 10.1. The van der Waals surface area contributed by atoms with Crippen LogP contribution in [0.2, 0.25) is 0 Å². The molecule has 0 fully saturated rings. The second-order valence-corrected chi connectivity index (χ2v) is 5.49. The molecule has 0 bridgehead atoms. The van der Waals surface area contributed by atoms with E-state index in [0.29, 0.717) is 26.2 Å². The lowest BCUT2D eigenvalue weighted by Crippen LogP contribution is -2.37. The summed E-state index contributed by atoms with van der Waals surface area (Å²) in [4.78, 5) is 13.8. The average molecular weight is 305 g/mol. The lowest BCUT2D eigenvalue weighted by atomic mass is 10.1. The quantitative estimate of drug-likeness (QED) is 0.399. The molecular formula is C18H27NO3. The Morgan fingerprint density at radius 3 is 2.55 bits per heavy atom. The molecule has 0 saturated heterocycles. The zero-order valence-electron chi connectivity index (χ0n) is 14.0. The monoisotopic (exact) mass is 305 g/mol. The number of hydrogen-bond acceptors (Lipinski definition) is 4. The highest BCUT2D eigenvalue weighted by Gasteiger charge is 2.22. The third kappa shape index (κ3) is 6.87. The Hall–Kier alpha value is -1.65. The van der Waals surface area contributed by atoms with Crippen LogP contribution in [-0.2, 0) is 20.9 Å². The van der Waals surface area contributed by atoms with Gasteiger partial charge in [-0.15, -0.1) is 0 Å². The smallest absolute Gasteiger partial charge is 0.323 e. The molecule has 0 N–H and O–H groups in total. The van der Waals surface area contributed by atoms with Crippen LogP contribution in [0.5, 0.6) is 0 Å². The highest BCUT2D eigenvalue weighted by molar-refractivity contribution is 5.76. The topological polar surface area (TPSA) is 38.8 Å². The van der Waals surface area contributed by atoms with Gasteiger partial charge in [0.05, 0.1) is 19.8 Å². The summed E-state index contributed by atoms with van der Waals surface area (Å²) in [6.45, 7) is 5.39. The zero-order chi connectivity index (χ0) is 16.4. The summed E-state index contributed by atoms with van der Waals surface area (Å²) in [5.41, 5.74) is 2.28. The van der Waals surface area contributed by atoms with E-state index in [9.17, 15) is 4.79 Å². The maximum atomic E-state index is 11.9. The fourth-order valence-corrected chi connectivity index (χ4v) is 2.06. The average Bonchev–Trinajstić information content (AvgIpc) is 2.50. The zero-order valence-corrected chi connectivity index (χ0v) is 14.0. The summed E-state index contributed by atoms with van der Waals surface area (Å²) in [6.07, 6.45) is 2.68. The highest BCUT2D eigenvalue weighted by Crippen LogP contribution is 2.11. The van der Waals surface area contributed by atoms with Crippen LogP contribution in [0, 0.1) is 0 Å². The van der Waals surface area contributed by atoms with Gasteiger partial charge >= 0.3 is 5.97 Å². The van der Waals surface area contributed by atoms with Crippen molar-refractivity contribution in [2.24, 2.45) is 0 Å². The lowest BCUT2D eigenvalue weighted by molar-refractivity contribution is -0.148. The van der Waals surface area contributed by atoms with Gasteiger partial charge in [-0.05, 0) is 39.9 Å². The minimum Gasteiger partial charge on any atom is -0.465 e. The van der Waals surface area contributed by atoms with E-state index in [1.54, 1.807) is 0 Å². The van der Waals surface area contributed by atoms with Gasteiger partial charge in [-0.25, -0.2) is 0 Å². The molecule has 0 spiro atoms. The van der Waals surface area contributed by atoms with E-state index in [2.05, 4.69) is 0 Å². The molecule has 122 valence electrons. The first-order chi connectivity index (χ1) is 10.5. The van der Waals surface area contributed by atoms with Crippen LogP contribution in [0.4, 0.5) is 0 Å². The number of rotatable bonds is 9. The molecule has 22 heavy (non-hydrogen) atoms. The van der Waals surface area contributed by atoms with Crippen molar-refractivity contribution in [1.29, 1.82) is 0 Å². The molecular weight excluding hydrogens is 278 g/mol. The third-order valence-electron chi connectivity index (χ3n) is 3.36. The number of esters is 1. The summed E-state index contributed by atoms with van der Waals surface area (Å²) < 4.78 is 10.7. The van der Waals surface area contributed by atoms with E-state index in [-0.39, 0.29) is 12.0 Å². The Morgan fingerprint density at radius 2 is 1.95 bits per heavy atom. The van der Waals surface area contributed by atoms with Crippen LogP contribution >= 0.6 is 0 Å². The summed E-state index contributed by atoms with van der Waals surface area (Å²) >= 11 is 0. The molecule has 4 nitrogen and oxygen atoms in total. The summed E-state index contributed by atoms with van der Waals surface area (Å²) in [5, 5.41) is 0. The Morgan fingerprint density at radius 1 is 1.27 bits per heavy atom. The molecule has 1 rings (SSSR count).